The van der Waals surface area contributed by atoms with Crippen LogP contribution >= 0.6 is 11.3 Å². The van der Waals surface area contributed by atoms with E-state index >= 15 is 0 Å². The van der Waals surface area contributed by atoms with Crippen LogP contribution in [0, 0.1) is 0 Å². The van der Waals surface area contributed by atoms with Gasteiger partial charge >= 0.3 is 0 Å². The van der Waals surface area contributed by atoms with Crippen molar-refractivity contribution in [2.45, 2.75) is 0 Å². The predicted octanol–water partition coefficient (Wildman–Crippen LogP) is 4.36. The van der Waals surface area contributed by atoms with Crippen molar-refractivity contribution in [1.29, 1.82) is 0 Å². The summed E-state index contributed by atoms with van der Waals surface area (Å²) >= 11 is 1.65. The molecule has 0 atom stereocenters. The van der Waals surface area contributed by atoms with Crippen LogP contribution in [0.15, 0.2) is 60.0 Å². The molecular formula is C17H13N3S. The Morgan fingerprint density at radius 1 is 0.905 bits per heavy atom. The average Bonchev–Trinajstić information content (AvgIpc) is 3.14. The van der Waals surface area contributed by atoms with Gasteiger partial charge in [-0.05, 0) is 12.1 Å². The van der Waals surface area contributed by atoms with E-state index in [-0.39, 0.29) is 0 Å². The molecule has 21 heavy (non-hydrogen) atoms. The molecule has 2 heterocycles. The van der Waals surface area contributed by atoms with E-state index in [9.17, 15) is 0 Å². The van der Waals surface area contributed by atoms with Crippen molar-refractivity contribution in [3.05, 3.63) is 60.0 Å². The normalized spacial score (nSPS) is 11.1. The van der Waals surface area contributed by atoms with Crippen molar-refractivity contribution in [2.75, 3.05) is 0 Å². The minimum atomic E-state index is 0.912. The smallest absolute Gasteiger partial charge is 0.160 e. The topological polar surface area (TPSA) is 30.7 Å². The molecule has 0 saturated carbocycles. The summed E-state index contributed by atoms with van der Waals surface area (Å²) < 4.78 is 2.10. The zero-order valence-electron chi connectivity index (χ0n) is 11.5. The number of benzene rings is 2. The van der Waals surface area contributed by atoms with Crippen LogP contribution in [0.5, 0.6) is 0 Å². The van der Waals surface area contributed by atoms with E-state index in [1.807, 2.05) is 43.4 Å². The van der Waals surface area contributed by atoms with Crippen LogP contribution < -0.4 is 0 Å². The summed E-state index contributed by atoms with van der Waals surface area (Å²) in [7, 11) is 2.03. The molecule has 0 amide bonds. The van der Waals surface area contributed by atoms with Gasteiger partial charge in [-0.3, -0.25) is 0 Å². The van der Waals surface area contributed by atoms with Gasteiger partial charge in [-0.1, -0.05) is 42.5 Å². The predicted molar refractivity (Wildman–Crippen MR) is 87.3 cm³/mol. The van der Waals surface area contributed by atoms with E-state index in [1.165, 1.54) is 0 Å². The largest absolute Gasteiger partial charge is 0.326 e. The number of rotatable bonds is 2. The fourth-order valence-corrected chi connectivity index (χ4v) is 3.27. The Bertz CT molecular complexity index is 906. The fraction of sp³-hybridized carbons (Fsp3) is 0.0588. The highest BCUT2D eigenvalue weighted by molar-refractivity contribution is 7.13. The van der Waals surface area contributed by atoms with Gasteiger partial charge in [0.25, 0.3) is 0 Å². The molecule has 3 nitrogen and oxygen atoms in total. The Hall–Kier alpha value is -2.46. The lowest BCUT2D eigenvalue weighted by Gasteiger charge is -1.98. The summed E-state index contributed by atoms with van der Waals surface area (Å²) in [5.74, 6) is 0.912. The van der Waals surface area contributed by atoms with E-state index < -0.39 is 0 Å². The van der Waals surface area contributed by atoms with E-state index in [1.54, 1.807) is 11.3 Å². The van der Waals surface area contributed by atoms with Gasteiger partial charge in [0.1, 0.15) is 10.7 Å². The number of hydrogen-bond donors (Lipinski definition) is 0. The molecule has 4 aromatic rings. The first-order chi connectivity index (χ1) is 10.3. The molecule has 0 fully saturated rings. The van der Waals surface area contributed by atoms with Crippen LogP contribution in [-0.2, 0) is 7.05 Å². The molecule has 2 aromatic heterocycles. The van der Waals surface area contributed by atoms with Gasteiger partial charge in [-0.2, -0.15) is 0 Å². The number of fused-ring (bicyclic) bond motifs is 1. The molecular weight excluding hydrogens is 278 g/mol. The molecule has 0 unspecified atom stereocenters. The SMILES string of the molecule is Cn1c(-c2csc(-c3ccccc3)n2)nc2ccccc21. The number of hydrogen-bond acceptors (Lipinski definition) is 3. The summed E-state index contributed by atoms with van der Waals surface area (Å²) in [4.78, 5) is 9.44. The van der Waals surface area contributed by atoms with Crippen LogP contribution in [-0.4, -0.2) is 14.5 Å². The molecule has 2 aromatic carbocycles. The third-order valence-corrected chi connectivity index (χ3v) is 4.43. The van der Waals surface area contributed by atoms with E-state index in [0.717, 1.165) is 33.1 Å². The van der Waals surface area contributed by atoms with Gasteiger partial charge in [0, 0.05) is 18.0 Å². The van der Waals surface area contributed by atoms with Crippen LogP contribution in [0.2, 0.25) is 0 Å². The molecule has 4 heteroatoms. The first-order valence-corrected chi connectivity index (χ1v) is 7.64. The van der Waals surface area contributed by atoms with Crippen molar-refractivity contribution in [2.24, 2.45) is 7.05 Å². The van der Waals surface area contributed by atoms with Crippen LogP contribution in [0.4, 0.5) is 0 Å². The second-order valence-corrected chi connectivity index (χ2v) is 5.75. The zero-order chi connectivity index (χ0) is 14.2. The number of para-hydroxylation sites is 2. The Balaban J connectivity index is 1.83. The lowest BCUT2D eigenvalue weighted by molar-refractivity contribution is 0.953. The van der Waals surface area contributed by atoms with Crippen molar-refractivity contribution < 1.29 is 0 Å². The highest BCUT2D eigenvalue weighted by Gasteiger charge is 2.13. The number of imidazole rings is 1. The molecule has 0 saturated heterocycles. The Labute approximate surface area is 126 Å². The van der Waals surface area contributed by atoms with Crippen molar-refractivity contribution in [3.63, 3.8) is 0 Å². The lowest BCUT2D eigenvalue weighted by atomic mass is 10.2. The van der Waals surface area contributed by atoms with E-state index in [2.05, 4.69) is 28.1 Å². The maximum absolute atomic E-state index is 4.74. The summed E-state index contributed by atoms with van der Waals surface area (Å²) in [5.41, 5.74) is 4.20. The monoisotopic (exact) mass is 291 g/mol. The second kappa shape index (κ2) is 4.82. The van der Waals surface area contributed by atoms with Gasteiger partial charge < -0.3 is 4.57 Å². The second-order valence-electron chi connectivity index (χ2n) is 4.89. The Morgan fingerprint density at radius 2 is 1.67 bits per heavy atom. The summed E-state index contributed by atoms with van der Waals surface area (Å²) in [6.45, 7) is 0. The number of nitrogens with zero attached hydrogens (tertiary/aromatic N) is 3. The lowest BCUT2D eigenvalue weighted by Crippen LogP contribution is -1.92. The third kappa shape index (κ3) is 2.04. The molecule has 0 aliphatic heterocycles. The molecule has 0 aliphatic rings. The first kappa shape index (κ1) is 12.3. The minimum absolute atomic E-state index is 0.912. The van der Waals surface area contributed by atoms with Crippen molar-refractivity contribution >= 4 is 22.4 Å². The quantitative estimate of drug-likeness (QED) is 0.549. The highest BCUT2D eigenvalue weighted by Crippen LogP contribution is 2.29. The van der Waals surface area contributed by atoms with E-state index in [4.69, 9.17) is 9.97 Å². The molecule has 0 radical (unpaired) electrons. The maximum atomic E-state index is 4.74. The average molecular weight is 291 g/mol. The number of aryl methyl sites for hydroxylation is 1. The van der Waals surface area contributed by atoms with Gasteiger partial charge in [0.15, 0.2) is 5.82 Å². The summed E-state index contributed by atoms with van der Waals surface area (Å²) in [5, 5.41) is 3.10. The fourth-order valence-electron chi connectivity index (χ4n) is 2.46. The minimum Gasteiger partial charge on any atom is -0.326 e. The molecule has 102 valence electrons. The van der Waals surface area contributed by atoms with Gasteiger partial charge in [-0.15, -0.1) is 11.3 Å². The standard InChI is InChI=1S/C17H13N3S/c1-20-15-10-6-5-9-13(15)18-16(20)14-11-21-17(19-14)12-7-3-2-4-8-12/h2-11H,1H3. The van der Waals surface area contributed by atoms with Gasteiger partial charge in [0.2, 0.25) is 0 Å². The van der Waals surface area contributed by atoms with Crippen LogP contribution in [0.3, 0.4) is 0 Å². The van der Waals surface area contributed by atoms with Gasteiger partial charge in [0.05, 0.1) is 11.0 Å². The van der Waals surface area contributed by atoms with Crippen molar-refractivity contribution in [3.8, 4) is 22.1 Å². The Kier molecular flexibility index (Phi) is 2.82. The number of thiazole rings is 1. The maximum Gasteiger partial charge on any atom is 0.160 e. The molecule has 4 rings (SSSR count). The molecule has 0 spiro atoms. The van der Waals surface area contributed by atoms with Gasteiger partial charge in [-0.25, -0.2) is 9.97 Å². The summed E-state index contributed by atoms with van der Waals surface area (Å²) in [6.07, 6.45) is 0. The summed E-state index contributed by atoms with van der Waals surface area (Å²) in [6, 6.07) is 18.4. The number of aromatic nitrogens is 3. The zero-order valence-corrected chi connectivity index (χ0v) is 12.3. The van der Waals surface area contributed by atoms with Crippen LogP contribution in [0.1, 0.15) is 0 Å². The molecule has 0 bridgehead atoms. The van der Waals surface area contributed by atoms with E-state index in [0.29, 0.717) is 0 Å². The first-order valence-electron chi connectivity index (χ1n) is 6.76. The van der Waals surface area contributed by atoms with Crippen LogP contribution in [0.25, 0.3) is 33.1 Å². The Morgan fingerprint density at radius 3 is 2.48 bits per heavy atom. The molecule has 0 N–H and O–H groups in total. The third-order valence-electron chi connectivity index (χ3n) is 3.54. The highest BCUT2D eigenvalue weighted by atomic mass is 32.1. The van der Waals surface area contributed by atoms with Crippen molar-refractivity contribution in [1.82, 2.24) is 14.5 Å². The molecule has 0 aliphatic carbocycles.